The van der Waals surface area contributed by atoms with Crippen LogP contribution in [0.3, 0.4) is 0 Å². The molecule has 4 rings (SSSR count). The zero-order valence-corrected chi connectivity index (χ0v) is 15.0. The molecule has 0 aromatic heterocycles. The van der Waals surface area contributed by atoms with Gasteiger partial charge in [0.25, 0.3) is 5.69 Å². The standard InChI is InChI=1S/C19H21N3O2S/c1-20-8-10-21(11-9-20)17-13-14-12-15(22(23)24)6-7-18(14)25-19-5-3-2-4-16(17)19/h2-7,12,17H,8-11,13H2,1H3. The molecule has 0 amide bonds. The Bertz CT molecular complexity index is 803. The average molecular weight is 355 g/mol. The maximum Gasteiger partial charge on any atom is 0.269 e. The molecule has 1 unspecified atom stereocenters. The minimum Gasteiger partial charge on any atom is -0.304 e. The predicted molar refractivity (Wildman–Crippen MR) is 99.2 cm³/mol. The number of hydrogen-bond donors (Lipinski definition) is 0. The fourth-order valence-corrected chi connectivity index (χ4v) is 4.80. The van der Waals surface area contributed by atoms with Crippen LogP contribution in [0.5, 0.6) is 0 Å². The van der Waals surface area contributed by atoms with Gasteiger partial charge in [-0.1, -0.05) is 30.0 Å². The molecule has 2 aromatic carbocycles. The van der Waals surface area contributed by atoms with Crippen molar-refractivity contribution in [3.05, 3.63) is 63.7 Å². The number of non-ortho nitro benzene ring substituents is 1. The number of likely N-dealkylation sites (N-methyl/N-ethyl adjacent to an activating group) is 1. The Hall–Kier alpha value is -1.89. The molecule has 0 radical (unpaired) electrons. The highest BCUT2D eigenvalue weighted by Gasteiger charge is 2.29. The largest absolute Gasteiger partial charge is 0.304 e. The van der Waals surface area contributed by atoms with E-state index in [2.05, 4.69) is 41.1 Å². The van der Waals surface area contributed by atoms with E-state index in [1.807, 2.05) is 6.07 Å². The van der Waals surface area contributed by atoms with Gasteiger partial charge >= 0.3 is 0 Å². The van der Waals surface area contributed by atoms with Crippen LogP contribution in [0.2, 0.25) is 0 Å². The highest BCUT2D eigenvalue weighted by molar-refractivity contribution is 7.99. The summed E-state index contributed by atoms with van der Waals surface area (Å²) < 4.78 is 0. The van der Waals surface area contributed by atoms with Gasteiger partial charge in [-0.25, -0.2) is 0 Å². The van der Waals surface area contributed by atoms with Crippen molar-refractivity contribution in [1.82, 2.24) is 9.80 Å². The smallest absolute Gasteiger partial charge is 0.269 e. The number of piperazine rings is 1. The highest BCUT2D eigenvalue weighted by atomic mass is 32.2. The molecule has 2 aromatic rings. The monoisotopic (exact) mass is 355 g/mol. The molecule has 0 N–H and O–H groups in total. The Balaban J connectivity index is 1.75. The minimum absolute atomic E-state index is 0.183. The minimum atomic E-state index is -0.298. The van der Waals surface area contributed by atoms with Crippen LogP contribution in [0.4, 0.5) is 5.69 Å². The summed E-state index contributed by atoms with van der Waals surface area (Å²) in [5, 5.41) is 11.2. The lowest BCUT2D eigenvalue weighted by Crippen LogP contribution is -2.46. The second kappa shape index (κ2) is 6.78. The third-order valence-electron chi connectivity index (χ3n) is 5.14. The van der Waals surface area contributed by atoms with Crippen LogP contribution in [0.15, 0.2) is 52.3 Å². The molecular formula is C19H21N3O2S. The second-order valence-electron chi connectivity index (χ2n) is 6.75. The fourth-order valence-electron chi connectivity index (χ4n) is 3.68. The molecule has 1 fully saturated rings. The first-order valence-electron chi connectivity index (χ1n) is 8.58. The molecule has 5 nitrogen and oxygen atoms in total. The summed E-state index contributed by atoms with van der Waals surface area (Å²) in [6.07, 6.45) is 0.824. The molecule has 1 atom stereocenters. The van der Waals surface area contributed by atoms with E-state index in [-0.39, 0.29) is 16.7 Å². The molecular weight excluding hydrogens is 334 g/mol. The quantitative estimate of drug-likeness (QED) is 0.609. The first kappa shape index (κ1) is 16.6. The van der Waals surface area contributed by atoms with Crippen LogP contribution in [-0.4, -0.2) is 47.9 Å². The van der Waals surface area contributed by atoms with E-state index in [0.717, 1.165) is 43.1 Å². The zero-order chi connectivity index (χ0) is 17.4. The number of hydrogen-bond acceptors (Lipinski definition) is 5. The summed E-state index contributed by atoms with van der Waals surface area (Å²) in [5.41, 5.74) is 2.61. The van der Waals surface area contributed by atoms with E-state index in [1.54, 1.807) is 23.9 Å². The van der Waals surface area contributed by atoms with Gasteiger partial charge < -0.3 is 4.90 Å². The second-order valence-corrected chi connectivity index (χ2v) is 7.83. The van der Waals surface area contributed by atoms with Crippen molar-refractivity contribution in [1.29, 1.82) is 0 Å². The predicted octanol–water partition coefficient (Wildman–Crippen LogP) is 3.59. The van der Waals surface area contributed by atoms with Crippen LogP contribution in [0, 0.1) is 10.1 Å². The molecule has 25 heavy (non-hydrogen) atoms. The first-order chi connectivity index (χ1) is 12.1. The van der Waals surface area contributed by atoms with Crippen molar-refractivity contribution in [2.45, 2.75) is 22.3 Å². The van der Waals surface area contributed by atoms with Crippen LogP contribution < -0.4 is 0 Å². The van der Waals surface area contributed by atoms with Gasteiger partial charge in [0.1, 0.15) is 0 Å². The highest BCUT2D eigenvalue weighted by Crippen LogP contribution is 2.43. The Morgan fingerprint density at radius 3 is 2.60 bits per heavy atom. The summed E-state index contributed by atoms with van der Waals surface area (Å²) in [5.74, 6) is 0. The summed E-state index contributed by atoms with van der Waals surface area (Å²) in [7, 11) is 2.16. The fraction of sp³-hybridized carbons (Fsp3) is 0.368. The van der Waals surface area contributed by atoms with Gasteiger partial charge in [-0.05, 0) is 36.7 Å². The number of nitrogens with zero attached hydrogens (tertiary/aromatic N) is 3. The van der Waals surface area contributed by atoms with Crippen LogP contribution in [0.1, 0.15) is 17.2 Å². The van der Waals surface area contributed by atoms with Gasteiger partial charge in [0.2, 0.25) is 0 Å². The normalized spacial score (nSPS) is 21.2. The lowest BCUT2D eigenvalue weighted by molar-refractivity contribution is -0.385. The maximum atomic E-state index is 11.2. The van der Waals surface area contributed by atoms with E-state index in [0.29, 0.717) is 0 Å². The van der Waals surface area contributed by atoms with Gasteiger partial charge in [-0.3, -0.25) is 15.0 Å². The number of fused-ring (bicyclic) bond motifs is 2. The SMILES string of the molecule is CN1CCN(C2Cc3cc([N+](=O)[O-])ccc3Sc3ccccc32)CC1. The number of rotatable bonds is 2. The zero-order valence-electron chi connectivity index (χ0n) is 14.2. The van der Waals surface area contributed by atoms with Crippen molar-refractivity contribution < 1.29 is 4.92 Å². The van der Waals surface area contributed by atoms with E-state index in [1.165, 1.54) is 10.5 Å². The number of nitro groups is 1. The molecule has 0 saturated carbocycles. The van der Waals surface area contributed by atoms with Crippen molar-refractivity contribution in [2.75, 3.05) is 33.2 Å². The van der Waals surface area contributed by atoms with Gasteiger partial charge in [0, 0.05) is 54.1 Å². The lowest BCUT2D eigenvalue weighted by Gasteiger charge is -2.38. The van der Waals surface area contributed by atoms with Crippen molar-refractivity contribution in [3.8, 4) is 0 Å². The summed E-state index contributed by atoms with van der Waals surface area (Å²) >= 11 is 1.73. The van der Waals surface area contributed by atoms with Crippen LogP contribution in [0.25, 0.3) is 0 Å². The van der Waals surface area contributed by atoms with Crippen molar-refractivity contribution >= 4 is 17.4 Å². The first-order valence-corrected chi connectivity index (χ1v) is 9.40. The number of benzene rings is 2. The maximum absolute atomic E-state index is 11.2. The summed E-state index contributed by atoms with van der Waals surface area (Å²) in [6, 6.07) is 14.1. The van der Waals surface area contributed by atoms with E-state index in [4.69, 9.17) is 0 Å². The molecule has 0 aliphatic carbocycles. The summed E-state index contributed by atoms with van der Waals surface area (Å²) in [4.78, 5) is 18.2. The van der Waals surface area contributed by atoms with Crippen molar-refractivity contribution in [2.24, 2.45) is 0 Å². The molecule has 6 heteroatoms. The van der Waals surface area contributed by atoms with E-state index >= 15 is 0 Å². The Morgan fingerprint density at radius 2 is 1.84 bits per heavy atom. The molecule has 2 aliphatic heterocycles. The molecule has 130 valence electrons. The average Bonchev–Trinajstić information content (AvgIpc) is 2.78. The van der Waals surface area contributed by atoms with Gasteiger partial charge in [0.05, 0.1) is 4.92 Å². The molecule has 2 heterocycles. The van der Waals surface area contributed by atoms with Crippen LogP contribution >= 0.6 is 11.8 Å². The van der Waals surface area contributed by atoms with E-state index in [9.17, 15) is 10.1 Å². The van der Waals surface area contributed by atoms with Crippen LogP contribution in [-0.2, 0) is 6.42 Å². The van der Waals surface area contributed by atoms with Gasteiger partial charge in [-0.15, -0.1) is 0 Å². The topological polar surface area (TPSA) is 49.6 Å². The molecule has 0 spiro atoms. The Morgan fingerprint density at radius 1 is 1.08 bits per heavy atom. The third-order valence-corrected chi connectivity index (χ3v) is 6.35. The third kappa shape index (κ3) is 3.29. The van der Waals surface area contributed by atoms with E-state index < -0.39 is 0 Å². The Kier molecular flexibility index (Phi) is 4.50. The molecule has 0 bridgehead atoms. The molecule has 2 aliphatic rings. The lowest BCUT2D eigenvalue weighted by atomic mass is 9.96. The Labute approximate surface area is 151 Å². The van der Waals surface area contributed by atoms with Crippen molar-refractivity contribution in [3.63, 3.8) is 0 Å². The molecule has 1 saturated heterocycles. The van der Waals surface area contributed by atoms with Gasteiger partial charge in [-0.2, -0.15) is 0 Å². The summed E-state index contributed by atoms with van der Waals surface area (Å²) in [6.45, 7) is 4.19. The number of nitro benzene ring substituents is 1. The van der Waals surface area contributed by atoms with Gasteiger partial charge in [0.15, 0.2) is 0 Å².